The molecule has 1 unspecified atom stereocenters. The molecule has 1 aliphatic heterocycles. The molecule has 1 heterocycles. The highest BCUT2D eigenvalue weighted by atomic mass is 32.2. The summed E-state index contributed by atoms with van der Waals surface area (Å²) in [5.74, 6) is 0.596. The van der Waals surface area contributed by atoms with Crippen molar-refractivity contribution in [1.82, 2.24) is 4.31 Å². The van der Waals surface area contributed by atoms with Crippen molar-refractivity contribution in [3.8, 4) is 5.75 Å². The van der Waals surface area contributed by atoms with Crippen LogP contribution in [-0.2, 0) is 10.0 Å². The quantitative estimate of drug-likeness (QED) is 0.895. The summed E-state index contributed by atoms with van der Waals surface area (Å²) in [6, 6.07) is 7.50. The Morgan fingerprint density at radius 3 is 2.62 bits per heavy atom. The van der Waals surface area contributed by atoms with Gasteiger partial charge in [-0.3, -0.25) is 0 Å². The summed E-state index contributed by atoms with van der Waals surface area (Å²) >= 11 is 0. The number of rotatable bonds is 5. The van der Waals surface area contributed by atoms with E-state index in [0.29, 0.717) is 25.1 Å². The molecule has 0 aliphatic carbocycles. The molecule has 0 saturated carbocycles. The van der Waals surface area contributed by atoms with Gasteiger partial charge in [-0.2, -0.15) is 4.31 Å². The standard InChI is InChI=1S/C15H23NO4S/c1-13-4-6-14(7-5-13)20-10-11-21(18,19)16-9-3-8-15(2,17)12-16/h4-7,17H,3,8-12H2,1-2H3. The highest BCUT2D eigenvalue weighted by molar-refractivity contribution is 7.89. The highest BCUT2D eigenvalue weighted by Crippen LogP contribution is 2.22. The average molecular weight is 313 g/mol. The van der Waals surface area contributed by atoms with Gasteiger partial charge < -0.3 is 9.84 Å². The third-order valence-corrected chi connectivity index (χ3v) is 5.45. The van der Waals surface area contributed by atoms with E-state index in [1.165, 1.54) is 4.31 Å². The van der Waals surface area contributed by atoms with Crippen LogP contribution >= 0.6 is 0 Å². The van der Waals surface area contributed by atoms with E-state index in [1.54, 1.807) is 6.92 Å². The summed E-state index contributed by atoms with van der Waals surface area (Å²) in [6.07, 6.45) is 1.32. The van der Waals surface area contributed by atoms with Crippen molar-refractivity contribution in [2.45, 2.75) is 32.3 Å². The smallest absolute Gasteiger partial charge is 0.217 e. The lowest BCUT2D eigenvalue weighted by atomic mass is 9.97. The highest BCUT2D eigenvalue weighted by Gasteiger charge is 2.34. The molecular formula is C15H23NO4S. The second-order valence-corrected chi connectivity index (χ2v) is 8.00. The van der Waals surface area contributed by atoms with E-state index in [4.69, 9.17) is 4.74 Å². The summed E-state index contributed by atoms with van der Waals surface area (Å²) in [5.41, 5.74) is 0.203. The van der Waals surface area contributed by atoms with Gasteiger partial charge in [-0.15, -0.1) is 0 Å². The maximum absolute atomic E-state index is 12.3. The maximum atomic E-state index is 12.3. The Labute approximate surface area is 126 Å². The number of aliphatic hydroxyl groups is 1. The molecule has 21 heavy (non-hydrogen) atoms. The number of benzene rings is 1. The Morgan fingerprint density at radius 2 is 2.00 bits per heavy atom. The lowest BCUT2D eigenvalue weighted by Crippen LogP contribution is -2.49. The lowest BCUT2D eigenvalue weighted by Gasteiger charge is -2.35. The summed E-state index contributed by atoms with van der Waals surface area (Å²) in [7, 11) is -3.38. The fourth-order valence-corrected chi connectivity index (χ4v) is 3.87. The molecule has 1 N–H and O–H groups in total. The van der Waals surface area contributed by atoms with Gasteiger partial charge in [0.15, 0.2) is 0 Å². The number of aryl methyl sites for hydroxylation is 1. The Hall–Kier alpha value is -1.11. The van der Waals surface area contributed by atoms with Crippen molar-refractivity contribution < 1.29 is 18.3 Å². The van der Waals surface area contributed by atoms with Crippen LogP contribution in [0.2, 0.25) is 0 Å². The molecule has 1 fully saturated rings. The van der Waals surface area contributed by atoms with E-state index in [1.807, 2.05) is 31.2 Å². The molecule has 0 spiro atoms. The van der Waals surface area contributed by atoms with Gasteiger partial charge in [0.2, 0.25) is 10.0 Å². The minimum atomic E-state index is -3.38. The Balaban J connectivity index is 1.88. The summed E-state index contributed by atoms with van der Waals surface area (Å²) < 4.78 is 31.3. The molecule has 1 saturated heterocycles. The monoisotopic (exact) mass is 313 g/mol. The maximum Gasteiger partial charge on any atom is 0.217 e. The van der Waals surface area contributed by atoms with Crippen LogP contribution in [0.5, 0.6) is 5.75 Å². The van der Waals surface area contributed by atoms with Crippen molar-refractivity contribution in [2.75, 3.05) is 25.4 Å². The van der Waals surface area contributed by atoms with E-state index in [-0.39, 0.29) is 18.9 Å². The molecule has 1 aromatic rings. The molecule has 1 aromatic carbocycles. The first-order chi connectivity index (χ1) is 9.78. The second-order valence-electron chi connectivity index (χ2n) is 5.91. The van der Waals surface area contributed by atoms with Crippen molar-refractivity contribution in [1.29, 1.82) is 0 Å². The van der Waals surface area contributed by atoms with E-state index in [0.717, 1.165) is 5.56 Å². The molecule has 1 atom stereocenters. The number of ether oxygens (including phenoxy) is 1. The fourth-order valence-electron chi connectivity index (χ4n) is 2.44. The number of nitrogens with zero attached hydrogens (tertiary/aromatic N) is 1. The SMILES string of the molecule is Cc1ccc(OCCS(=O)(=O)N2CCCC(C)(O)C2)cc1. The Morgan fingerprint density at radius 1 is 1.33 bits per heavy atom. The molecular weight excluding hydrogens is 290 g/mol. The molecule has 118 valence electrons. The predicted molar refractivity (Wildman–Crippen MR) is 81.9 cm³/mol. The molecule has 2 rings (SSSR count). The molecule has 5 nitrogen and oxygen atoms in total. The van der Waals surface area contributed by atoms with E-state index >= 15 is 0 Å². The third kappa shape index (κ3) is 4.69. The number of β-amino-alcohol motifs (C(OH)–C–C–N with tert-alkyl or cyclic N) is 1. The van der Waals surface area contributed by atoms with Gasteiger partial charge in [-0.1, -0.05) is 17.7 Å². The van der Waals surface area contributed by atoms with Crippen LogP contribution in [0.15, 0.2) is 24.3 Å². The number of hydrogen-bond donors (Lipinski definition) is 1. The molecule has 0 radical (unpaired) electrons. The van der Waals surface area contributed by atoms with Gasteiger partial charge >= 0.3 is 0 Å². The Kier molecular flexibility index (Phi) is 4.91. The first kappa shape index (κ1) is 16.3. The largest absolute Gasteiger partial charge is 0.492 e. The van der Waals surface area contributed by atoms with Crippen molar-refractivity contribution in [3.05, 3.63) is 29.8 Å². The predicted octanol–water partition coefficient (Wildman–Crippen LogP) is 1.55. The van der Waals surface area contributed by atoms with Gasteiger partial charge in [-0.05, 0) is 38.8 Å². The van der Waals surface area contributed by atoms with Crippen LogP contribution in [0.25, 0.3) is 0 Å². The van der Waals surface area contributed by atoms with Crippen LogP contribution in [0, 0.1) is 6.92 Å². The first-order valence-corrected chi connectivity index (χ1v) is 8.79. The summed E-state index contributed by atoms with van der Waals surface area (Å²) in [4.78, 5) is 0. The van der Waals surface area contributed by atoms with Crippen molar-refractivity contribution in [2.24, 2.45) is 0 Å². The van der Waals surface area contributed by atoms with E-state index < -0.39 is 15.6 Å². The van der Waals surface area contributed by atoms with Gasteiger partial charge in [0.05, 0.1) is 11.4 Å². The third-order valence-electron chi connectivity index (χ3n) is 3.66. The van der Waals surface area contributed by atoms with E-state index in [9.17, 15) is 13.5 Å². The van der Waals surface area contributed by atoms with Gasteiger partial charge in [0.1, 0.15) is 12.4 Å². The summed E-state index contributed by atoms with van der Waals surface area (Å²) in [5, 5.41) is 10.0. The first-order valence-electron chi connectivity index (χ1n) is 7.18. The van der Waals surface area contributed by atoms with Gasteiger partial charge in [0, 0.05) is 13.1 Å². The second kappa shape index (κ2) is 6.34. The molecule has 0 bridgehead atoms. The number of piperidine rings is 1. The number of hydrogen-bond acceptors (Lipinski definition) is 4. The van der Waals surface area contributed by atoms with Crippen LogP contribution in [0.3, 0.4) is 0 Å². The average Bonchev–Trinajstić information content (AvgIpc) is 2.40. The van der Waals surface area contributed by atoms with Gasteiger partial charge in [0.25, 0.3) is 0 Å². The van der Waals surface area contributed by atoms with Crippen LogP contribution in [-0.4, -0.2) is 48.9 Å². The van der Waals surface area contributed by atoms with Crippen molar-refractivity contribution >= 4 is 10.0 Å². The normalized spacial score (nSPS) is 24.0. The fraction of sp³-hybridized carbons (Fsp3) is 0.600. The topological polar surface area (TPSA) is 66.8 Å². The molecule has 6 heteroatoms. The molecule has 1 aliphatic rings. The zero-order chi connectivity index (χ0) is 15.5. The van der Waals surface area contributed by atoms with Crippen LogP contribution < -0.4 is 4.74 Å². The summed E-state index contributed by atoms with van der Waals surface area (Å²) in [6.45, 7) is 4.42. The Bertz CT molecular complexity index is 566. The molecule has 0 aromatic heterocycles. The molecule has 0 amide bonds. The van der Waals surface area contributed by atoms with Crippen LogP contribution in [0.4, 0.5) is 0 Å². The minimum Gasteiger partial charge on any atom is -0.492 e. The minimum absolute atomic E-state index is 0.0725. The zero-order valence-corrected chi connectivity index (χ0v) is 13.4. The van der Waals surface area contributed by atoms with Gasteiger partial charge in [-0.25, -0.2) is 8.42 Å². The van der Waals surface area contributed by atoms with Crippen molar-refractivity contribution in [3.63, 3.8) is 0 Å². The van der Waals surface area contributed by atoms with Crippen LogP contribution in [0.1, 0.15) is 25.3 Å². The van der Waals surface area contributed by atoms with E-state index in [2.05, 4.69) is 0 Å². The number of sulfonamides is 1. The zero-order valence-electron chi connectivity index (χ0n) is 12.6. The lowest BCUT2D eigenvalue weighted by molar-refractivity contribution is 0.00933.